The van der Waals surface area contributed by atoms with Gasteiger partial charge in [0, 0.05) is 31.2 Å². The molecule has 0 saturated heterocycles. The van der Waals surface area contributed by atoms with Gasteiger partial charge >= 0.3 is 0 Å². The van der Waals surface area contributed by atoms with Gasteiger partial charge < -0.3 is 9.73 Å². The van der Waals surface area contributed by atoms with Crippen molar-refractivity contribution in [3.05, 3.63) is 17.1 Å². The zero-order valence-electron chi connectivity index (χ0n) is 12.3. The molecular formula is C14H22N2O3S. The molecule has 0 amide bonds. The van der Waals surface area contributed by atoms with Gasteiger partial charge in [0.05, 0.1) is 0 Å². The highest BCUT2D eigenvalue weighted by Gasteiger charge is 2.38. The molecule has 5 nitrogen and oxygen atoms in total. The van der Waals surface area contributed by atoms with Crippen LogP contribution in [-0.4, -0.2) is 31.9 Å². The number of sulfonamides is 1. The molecular weight excluding hydrogens is 276 g/mol. The second-order valence-corrected chi connectivity index (χ2v) is 7.86. The Morgan fingerprint density at radius 2 is 1.85 bits per heavy atom. The van der Waals surface area contributed by atoms with Gasteiger partial charge in [-0.25, -0.2) is 8.42 Å². The number of aryl methyl sites for hydroxylation is 2. The van der Waals surface area contributed by atoms with E-state index in [1.807, 2.05) is 6.92 Å². The topological polar surface area (TPSA) is 62.6 Å². The van der Waals surface area contributed by atoms with Gasteiger partial charge in [-0.05, 0) is 39.5 Å². The van der Waals surface area contributed by atoms with Crippen LogP contribution in [0.4, 0.5) is 0 Å². The Hall–Kier alpha value is -0.850. The number of hydrogen-bond acceptors (Lipinski definition) is 4. The molecule has 0 bridgehead atoms. The molecule has 0 spiro atoms. The number of hydrogen-bond donors (Lipinski definition) is 1. The monoisotopic (exact) mass is 298 g/mol. The van der Waals surface area contributed by atoms with Crippen LogP contribution in [0.1, 0.15) is 42.8 Å². The highest BCUT2D eigenvalue weighted by atomic mass is 32.2. The van der Waals surface area contributed by atoms with E-state index in [9.17, 15) is 8.42 Å². The Bertz CT molecular complexity index is 613. The average Bonchev–Trinajstić information content (AvgIpc) is 3.25. The zero-order valence-corrected chi connectivity index (χ0v) is 13.1. The lowest BCUT2D eigenvalue weighted by Gasteiger charge is -2.17. The number of furan rings is 1. The van der Waals surface area contributed by atoms with Crippen molar-refractivity contribution in [1.29, 1.82) is 0 Å². The third-order valence-electron chi connectivity index (χ3n) is 4.17. The van der Waals surface area contributed by atoms with Crippen molar-refractivity contribution in [1.82, 2.24) is 9.62 Å². The average molecular weight is 298 g/mol. The highest BCUT2D eigenvalue weighted by molar-refractivity contribution is 7.89. The minimum atomic E-state index is -3.44. The lowest BCUT2D eigenvalue weighted by atomic mass is 10.2. The smallest absolute Gasteiger partial charge is 0.246 e. The lowest BCUT2D eigenvalue weighted by molar-refractivity contribution is 0.457. The van der Waals surface area contributed by atoms with E-state index < -0.39 is 10.0 Å². The van der Waals surface area contributed by atoms with Crippen LogP contribution in [0, 0.1) is 13.8 Å². The molecule has 2 aliphatic carbocycles. The van der Waals surface area contributed by atoms with Gasteiger partial charge in [0.2, 0.25) is 10.0 Å². The fourth-order valence-electron chi connectivity index (χ4n) is 2.56. The van der Waals surface area contributed by atoms with Gasteiger partial charge in [-0.3, -0.25) is 0 Å². The number of rotatable bonds is 6. The molecule has 0 aliphatic heterocycles. The fraction of sp³-hybridized carbons (Fsp3) is 0.714. The van der Waals surface area contributed by atoms with Crippen molar-refractivity contribution in [2.75, 3.05) is 7.05 Å². The maximum atomic E-state index is 12.8. The molecule has 112 valence electrons. The van der Waals surface area contributed by atoms with Gasteiger partial charge in [0.1, 0.15) is 16.4 Å². The van der Waals surface area contributed by atoms with Crippen LogP contribution in [0.5, 0.6) is 0 Å². The summed E-state index contributed by atoms with van der Waals surface area (Å²) in [6.45, 7) is 4.15. The zero-order chi connectivity index (χ0) is 14.5. The van der Waals surface area contributed by atoms with Crippen molar-refractivity contribution < 1.29 is 12.8 Å². The third-order valence-corrected chi connectivity index (χ3v) is 6.27. The largest absolute Gasteiger partial charge is 0.465 e. The maximum Gasteiger partial charge on any atom is 0.246 e. The maximum absolute atomic E-state index is 12.8. The molecule has 2 saturated carbocycles. The van der Waals surface area contributed by atoms with E-state index in [4.69, 9.17) is 4.42 Å². The predicted octanol–water partition coefficient (Wildman–Crippen LogP) is 1.93. The summed E-state index contributed by atoms with van der Waals surface area (Å²) in [6, 6.07) is 0.708. The summed E-state index contributed by atoms with van der Waals surface area (Å²) in [5.41, 5.74) is 0.793. The van der Waals surface area contributed by atoms with Gasteiger partial charge in [-0.1, -0.05) is 0 Å². The second-order valence-electron chi connectivity index (χ2n) is 5.93. The molecule has 0 unspecified atom stereocenters. The summed E-state index contributed by atoms with van der Waals surface area (Å²) < 4.78 is 32.6. The molecule has 0 radical (unpaired) electrons. The highest BCUT2D eigenvalue weighted by Crippen LogP contribution is 2.35. The Morgan fingerprint density at radius 1 is 1.20 bits per heavy atom. The molecule has 6 heteroatoms. The van der Waals surface area contributed by atoms with Crippen LogP contribution < -0.4 is 5.32 Å². The summed E-state index contributed by atoms with van der Waals surface area (Å²) in [5, 5.41) is 3.38. The van der Waals surface area contributed by atoms with E-state index in [0.717, 1.165) is 18.4 Å². The number of nitrogens with one attached hydrogen (secondary N) is 1. The summed E-state index contributed by atoms with van der Waals surface area (Å²) in [6.07, 6.45) is 4.28. The molecule has 1 N–H and O–H groups in total. The van der Waals surface area contributed by atoms with E-state index in [0.29, 0.717) is 29.0 Å². The predicted molar refractivity (Wildman–Crippen MR) is 76.0 cm³/mol. The van der Waals surface area contributed by atoms with Crippen LogP contribution in [0.25, 0.3) is 0 Å². The second kappa shape index (κ2) is 4.86. The van der Waals surface area contributed by atoms with E-state index in [2.05, 4.69) is 5.32 Å². The third kappa shape index (κ3) is 2.52. The van der Waals surface area contributed by atoms with Crippen LogP contribution in [-0.2, 0) is 16.6 Å². The molecule has 1 heterocycles. The van der Waals surface area contributed by atoms with Crippen molar-refractivity contribution in [2.24, 2.45) is 0 Å². The van der Waals surface area contributed by atoms with Crippen molar-refractivity contribution in [3.63, 3.8) is 0 Å². The van der Waals surface area contributed by atoms with E-state index >= 15 is 0 Å². The summed E-state index contributed by atoms with van der Waals surface area (Å²) >= 11 is 0. The Labute approximate surface area is 120 Å². The van der Waals surface area contributed by atoms with Crippen LogP contribution >= 0.6 is 0 Å². The van der Waals surface area contributed by atoms with Crippen molar-refractivity contribution in [2.45, 2.75) is 63.1 Å². The van der Waals surface area contributed by atoms with Gasteiger partial charge in [-0.2, -0.15) is 4.31 Å². The Morgan fingerprint density at radius 3 is 2.40 bits per heavy atom. The lowest BCUT2D eigenvalue weighted by Crippen LogP contribution is -2.30. The van der Waals surface area contributed by atoms with Crippen LogP contribution in [0.15, 0.2) is 9.31 Å². The van der Waals surface area contributed by atoms with Crippen molar-refractivity contribution >= 4 is 10.0 Å². The first kappa shape index (κ1) is 14.1. The van der Waals surface area contributed by atoms with Gasteiger partial charge in [0.25, 0.3) is 0 Å². The Balaban J connectivity index is 1.93. The standard InChI is InChI=1S/C14H22N2O3S/c1-9-13(8-15-11-4-5-11)14(10(2)19-9)20(17,18)16(3)12-6-7-12/h11-12,15H,4-8H2,1-3H3. The van der Waals surface area contributed by atoms with Gasteiger partial charge in [0.15, 0.2) is 0 Å². The van der Waals surface area contributed by atoms with Crippen LogP contribution in [0.2, 0.25) is 0 Å². The van der Waals surface area contributed by atoms with Crippen LogP contribution in [0.3, 0.4) is 0 Å². The summed E-state index contributed by atoms with van der Waals surface area (Å²) in [5.74, 6) is 1.21. The van der Waals surface area contributed by atoms with Crippen molar-refractivity contribution in [3.8, 4) is 0 Å². The molecule has 0 atom stereocenters. The minimum Gasteiger partial charge on any atom is -0.465 e. The van der Waals surface area contributed by atoms with E-state index in [1.165, 1.54) is 17.1 Å². The molecule has 1 aromatic rings. The quantitative estimate of drug-likeness (QED) is 0.871. The molecule has 3 rings (SSSR count). The molecule has 2 fully saturated rings. The molecule has 0 aromatic carbocycles. The van der Waals surface area contributed by atoms with E-state index in [1.54, 1.807) is 14.0 Å². The normalized spacial score (nSPS) is 19.8. The first-order valence-corrected chi connectivity index (χ1v) is 8.65. The fourth-order valence-corrected chi connectivity index (χ4v) is 4.39. The minimum absolute atomic E-state index is 0.166. The summed E-state index contributed by atoms with van der Waals surface area (Å²) in [4.78, 5) is 0.373. The first-order valence-electron chi connectivity index (χ1n) is 7.21. The molecule has 20 heavy (non-hydrogen) atoms. The SMILES string of the molecule is Cc1oc(C)c(S(=O)(=O)N(C)C2CC2)c1CNC1CC1. The van der Waals surface area contributed by atoms with Gasteiger partial charge in [-0.15, -0.1) is 0 Å². The first-order chi connectivity index (χ1) is 9.41. The molecule has 1 aromatic heterocycles. The molecule has 2 aliphatic rings. The summed E-state index contributed by atoms with van der Waals surface area (Å²) in [7, 11) is -1.77. The van der Waals surface area contributed by atoms with E-state index in [-0.39, 0.29) is 6.04 Å². The number of nitrogens with zero attached hydrogens (tertiary/aromatic N) is 1. The Kier molecular flexibility index (Phi) is 3.43.